The summed E-state index contributed by atoms with van der Waals surface area (Å²) < 4.78 is 1.80. The van der Waals surface area contributed by atoms with Gasteiger partial charge in [-0.15, -0.1) is 11.3 Å². The largest absolute Gasteiger partial charge is 0.369 e. The molecule has 0 aliphatic heterocycles. The highest BCUT2D eigenvalue weighted by molar-refractivity contribution is 7.16. The van der Waals surface area contributed by atoms with E-state index in [1.807, 2.05) is 30.9 Å². The van der Waals surface area contributed by atoms with Crippen molar-refractivity contribution in [3.63, 3.8) is 0 Å². The maximum absolute atomic E-state index is 5.39. The Kier molecular flexibility index (Phi) is 3.48. The third-order valence-electron chi connectivity index (χ3n) is 2.92. The SMILES string of the molecule is Cn1cc(CCNc2nc(NN)nc3sccc23)cn1. The number of hydrogen-bond acceptors (Lipinski definition) is 7. The van der Waals surface area contributed by atoms with Gasteiger partial charge in [0, 0.05) is 19.8 Å². The van der Waals surface area contributed by atoms with Crippen molar-refractivity contribution in [2.24, 2.45) is 12.9 Å². The van der Waals surface area contributed by atoms with Crippen molar-refractivity contribution in [1.82, 2.24) is 19.7 Å². The maximum Gasteiger partial charge on any atom is 0.240 e. The number of aromatic nitrogens is 4. The van der Waals surface area contributed by atoms with Crippen LogP contribution in [0.2, 0.25) is 0 Å². The van der Waals surface area contributed by atoms with Gasteiger partial charge in [0.2, 0.25) is 5.95 Å². The minimum absolute atomic E-state index is 0.420. The number of nitrogen functional groups attached to an aromatic ring is 1. The average Bonchev–Trinajstić information content (AvgIpc) is 3.07. The molecule has 0 aromatic carbocycles. The Morgan fingerprint density at radius 1 is 1.40 bits per heavy atom. The molecule has 8 heteroatoms. The van der Waals surface area contributed by atoms with Crippen LogP contribution < -0.4 is 16.6 Å². The van der Waals surface area contributed by atoms with Gasteiger partial charge in [0.05, 0.1) is 11.6 Å². The molecule has 0 radical (unpaired) electrons. The molecule has 0 aliphatic rings. The maximum atomic E-state index is 5.39. The summed E-state index contributed by atoms with van der Waals surface area (Å²) in [6.45, 7) is 0.775. The van der Waals surface area contributed by atoms with E-state index in [4.69, 9.17) is 5.84 Å². The van der Waals surface area contributed by atoms with Crippen molar-refractivity contribution >= 4 is 33.3 Å². The Morgan fingerprint density at radius 3 is 3.05 bits per heavy atom. The lowest BCUT2D eigenvalue weighted by atomic mass is 10.2. The van der Waals surface area contributed by atoms with Gasteiger partial charge < -0.3 is 5.32 Å². The molecular formula is C12H15N7S. The highest BCUT2D eigenvalue weighted by Gasteiger charge is 2.08. The van der Waals surface area contributed by atoms with Crippen LogP contribution in [0.5, 0.6) is 0 Å². The van der Waals surface area contributed by atoms with E-state index in [1.165, 1.54) is 5.56 Å². The number of hydrogen-bond donors (Lipinski definition) is 3. The average molecular weight is 289 g/mol. The van der Waals surface area contributed by atoms with E-state index < -0.39 is 0 Å². The van der Waals surface area contributed by atoms with E-state index in [0.29, 0.717) is 5.95 Å². The summed E-state index contributed by atoms with van der Waals surface area (Å²) in [4.78, 5) is 9.57. The number of nitrogens with two attached hydrogens (primary N) is 1. The lowest BCUT2D eigenvalue weighted by Gasteiger charge is -2.07. The molecule has 0 unspecified atom stereocenters. The smallest absolute Gasteiger partial charge is 0.240 e. The van der Waals surface area contributed by atoms with Gasteiger partial charge in [-0.1, -0.05) is 0 Å². The van der Waals surface area contributed by atoms with Crippen LogP contribution in [0.1, 0.15) is 5.56 Å². The van der Waals surface area contributed by atoms with Crippen LogP contribution in [0.3, 0.4) is 0 Å². The monoisotopic (exact) mass is 289 g/mol. The Hall–Kier alpha value is -2.19. The summed E-state index contributed by atoms with van der Waals surface area (Å²) in [6, 6.07) is 2.01. The fourth-order valence-electron chi connectivity index (χ4n) is 1.98. The Labute approximate surface area is 119 Å². The van der Waals surface area contributed by atoms with Crippen molar-refractivity contribution in [1.29, 1.82) is 0 Å². The number of hydrazine groups is 1. The minimum atomic E-state index is 0.420. The van der Waals surface area contributed by atoms with E-state index in [-0.39, 0.29) is 0 Å². The molecule has 20 heavy (non-hydrogen) atoms. The summed E-state index contributed by atoms with van der Waals surface area (Å²) in [5.41, 5.74) is 3.68. The predicted octanol–water partition coefficient (Wildman–Crippen LogP) is 1.36. The first kappa shape index (κ1) is 12.8. The summed E-state index contributed by atoms with van der Waals surface area (Å²) in [7, 11) is 1.91. The number of nitrogens with one attached hydrogen (secondary N) is 2. The molecular weight excluding hydrogens is 274 g/mol. The summed E-state index contributed by atoms with van der Waals surface area (Å²) >= 11 is 1.56. The normalized spacial score (nSPS) is 10.9. The molecule has 3 aromatic heterocycles. The van der Waals surface area contributed by atoms with E-state index in [1.54, 1.807) is 16.0 Å². The molecule has 0 saturated heterocycles. The summed E-state index contributed by atoms with van der Waals surface area (Å²) in [6.07, 6.45) is 4.76. The molecule has 0 bridgehead atoms. The van der Waals surface area contributed by atoms with Crippen LogP contribution in [0.4, 0.5) is 11.8 Å². The number of nitrogens with zero attached hydrogens (tertiary/aromatic N) is 4. The molecule has 3 heterocycles. The van der Waals surface area contributed by atoms with E-state index in [0.717, 1.165) is 29.0 Å². The number of thiophene rings is 1. The van der Waals surface area contributed by atoms with Crippen LogP contribution in [-0.2, 0) is 13.5 Å². The predicted molar refractivity (Wildman–Crippen MR) is 80.6 cm³/mol. The van der Waals surface area contributed by atoms with Crippen molar-refractivity contribution in [3.05, 3.63) is 29.4 Å². The van der Waals surface area contributed by atoms with Crippen molar-refractivity contribution in [2.45, 2.75) is 6.42 Å². The summed E-state index contributed by atoms with van der Waals surface area (Å²) in [5.74, 6) is 6.61. The first-order chi connectivity index (χ1) is 9.76. The van der Waals surface area contributed by atoms with E-state index in [9.17, 15) is 0 Å². The van der Waals surface area contributed by atoms with Gasteiger partial charge in [0.1, 0.15) is 10.6 Å². The zero-order chi connectivity index (χ0) is 13.9. The lowest BCUT2D eigenvalue weighted by molar-refractivity contribution is 0.767. The van der Waals surface area contributed by atoms with Crippen molar-refractivity contribution in [3.8, 4) is 0 Å². The standard InChI is InChI=1S/C12H15N7S/c1-19-7-8(6-15-19)2-4-14-10-9-3-5-20-11(9)17-12(16-10)18-13/h3,5-7H,2,4,13H2,1H3,(H2,14,16,17,18). The second-order valence-corrected chi connectivity index (χ2v) is 5.27. The van der Waals surface area contributed by atoms with Gasteiger partial charge in [0.25, 0.3) is 0 Å². The molecule has 0 amide bonds. The van der Waals surface area contributed by atoms with Gasteiger partial charge in [0.15, 0.2) is 0 Å². The van der Waals surface area contributed by atoms with Crippen LogP contribution in [-0.4, -0.2) is 26.3 Å². The fraction of sp³-hybridized carbons (Fsp3) is 0.250. The molecule has 0 atom stereocenters. The zero-order valence-corrected chi connectivity index (χ0v) is 11.8. The summed E-state index contributed by atoms with van der Waals surface area (Å²) in [5, 5.41) is 10.5. The molecule has 4 N–H and O–H groups in total. The minimum Gasteiger partial charge on any atom is -0.369 e. The molecule has 3 aromatic rings. The number of fused-ring (bicyclic) bond motifs is 1. The quantitative estimate of drug-likeness (QED) is 0.485. The number of aryl methyl sites for hydroxylation is 1. The Bertz CT molecular complexity index is 717. The van der Waals surface area contributed by atoms with Crippen molar-refractivity contribution < 1.29 is 0 Å². The fourth-order valence-corrected chi connectivity index (χ4v) is 2.74. The van der Waals surface area contributed by atoms with E-state index >= 15 is 0 Å². The highest BCUT2D eigenvalue weighted by Crippen LogP contribution is 2.26. The number of rotatable bonds is 5. The Balaban J connectivity index is 1.74. The molecule has 7 nitrogen and oxygen atoms in total. The van der Waals surface area contributed by atoms with Gasteiger partial charge in [-0.3, -0.25) is 10.1 Å². The van der Waals surface area contributed by atoms with Crippen LogP contribution in [0, 0.1) is 0 Å². The molecule has 0 saturated carbocycles. The van der Waals surface area contributed by atoms with Crippen LogP contribution >= 0.6 is 11.3 Å². The lowest BCUT2D eigenvalue weighted by Crippen LogP contribution is -2.13. The zero-order valence-electron chi connectivity index (χ0n) is 11.0. The van der Waals surface area contributed by atoms with E-state index in [2.05, 4.69) is 25.8 Å². The third kappa shape index (κ3) is 2.56. The van der Waals surface area contributed by atoms with Gasteiger partial charge >= 0.3 is 0 Å². The topological polar surface area (TPSA) is 93.7 Å². The molecule has 104 valence electrons. The van der Waals surface area contributed by atoms with Gasteiger partial charge in [-0.05, 0) is 23.4 Å². The highest BCUT2D eigenvalue weighted by atomic mass is 32.1. The molecule has 0 aliphatic carbocycles. The molecule has 0 spiro atoms. The van der Waals surface area contributed by atoms with Gasteiger partial charge in [-0.2, -0.15) is 10.1 Å². The van der Waals surface area contributed by atoms with Crippen LogP contribution in [0.25, 0.3) is 10.2 Å². The van der Waals surface area contributed by atoms with Crippen molar-refractivity contribution in [2.75, 3.05) is 17.3 Å². The van der Waals surface area contributed by atoms with Gasteiger partial charge in [-0.25, -0.2) is 10.8 Å². The molecule has 3 rings (SSSR count). The first-order valence-corrected chi connectivity index (χ1v) is 7.07. The third-order valence-corrected chi connectivity index (χ3v) is 3.73. The van der Waals surface area contributed by atoms with Crippen LogP contribution in [0.15, 0.2) is 23.8 Å². The molecule has 0 fully saturated rings. The first-order valence-electron chi connectivity index (χ1n) is 6.19. The Morgan fingerprint density at radius 2 is 2.30 bits per heavy atom. The second kappa shape index (κ2) is 5.43. The number of anilines is 2. The second-order valence-electron chi connectivity index (χ2n) is 4.38.